The van der Waals surface area contributed by atoms with Crippen LogP contribution in [0.5, 0.6) is 17.2 Å². The van der Waals surface area contributed by atoms with Crippen molar-refractivity contribution >= 4 is 23.9 Å². The van der Waals surface area contributed by atoms with Crippen molar-refractivity contribution < 1.29 is 28.5 Å². The largest absolute Gasteiger partial charge is 0.493 e. The zero-order valence-electron chi connectivity index (χ0n) is 15.7. The highest BCUT2D eigenvalue weighted by Gasteiger charge is 2.26. The molecule has 0 saturated heterocycles. The van der Waals surface area contributed by atoms with Gasteiger partial charge in [-0.2, -0.15) is 0 Å². The Hall–Kier alpha value is -3.61. The molecule has 0 atom stereocenters. The summed E-state index contributed by atoms with van der Waals surface area (Å²) in [5.41, 5.74) is 1.38. The van der Waals surface area contributed by atoms with E-state index < -0.39 is 11.9 Å². The molecule has 144 valence electrons. The van der Waals surface area contributed by atoms with Gasteiger partial charge in [0.25, 0.3) is 0 Å². The minimum absolute atomic E-state index is 0.142. The molecular weight excluding hydrogens is 362 g/mol. The second-order valence-electron chi connectivity index (χ2n) is 5.77. The van der Waals surface area contributed by atoms with Crippen LogP contribution in [-0.4, -0.2) is 31.6 Å². The monoisotopic (exact) mass is 381 g/mol. The maximum atomic E-state index is 12.3. The van der Waals surface area contributed by atoms with Crippen LogP contribution in [0, 0.1) is 0 Å². The molecule has 1 aliphatic rings. The Bertz CT molecular complexity index is 977. The van der Waals surface area contributed by atoms with E-state index in [1.807, 2.05) is 19.1 Å². The number of cyclic esters (lactones) is 1. The number of hydrogen-bond donors (Lipinski definition) is 0. The average molecular weight is 381 g/mol. The summed E-state index contributed by atoms with van der Waals surface area (Å²) in [5, 5.41) is 0. The summed E-state index contributed by atoms with van der Waals surface area (Å²) in [6.07, 6.45) is 1.57. The molecule has 2 aromatic carbocycles. The second-order valence-corrected chi connectivity index (χ2v) is 5.77. The Kier molecular flexibility index (Phi) is 5.74. The summed E-state index contributed by atoms with van der Waals surface area (Å²) in [7, 11) is 1.46. The summed E-state index contributed by atoms with van der Waals surface area (Å²) in [5.74, 6) is 0.409. The van der Waals surface area contributed by atoms with Crippen LogP contribution in [0.2, 0.25) is 0 Å². The van der Waals surface area contributed by atoms with Gasteiger partial charge >= 0.3 is 11.9 Å². The molecule has 7 heteroatoms. The van der Waals surface area contributed by atoms with Crippen molar-refractivity contribution in [2.24, 2.45) is 4.99 Å². The Labute approximate surface area is 162 Å². The van der Waals surface area contributed by atoms with Gasteiger partial charge < -0.3 is 18.9 Å². The molecule has 3 rings (SSSR count). The molecule has 0 aromatic heterocycles. The summed E-state index contributed by atoms with van der Waals surface area (Å²) < 4.78 is 21.2. The summed E-state index contributed by atoms with van der Waals surface area (Å²) >= 11 is 0. The minimum atomic E-state index is -0.565. The highest BCUT2D eigenvalue weighted by molar-refractivity contribution is 6.13. The molecule has 2 aromatic rings. The van der Waals surface area contributed by atoms with Gasteiger partial charge in [0, 0.05) is 6.92 Å². The molecule has 7 nitrogen and oxygen atoms in total. The summed E-state index contributed by atoms with van der Waals surface area (Å²) in [4.78, 5) is 27.7. The van der Waals surface area contributed by atoms with E-state index in [1.54, 1.807) is 36.4 Å². The van der Waals surface area contributed by atoms with Crippen molar-refractivity contribution in [2.45, 2.75) is 13.8 Å². The number of rotatable bonds is 6. The van der Waals surface area contributed by atoms with Crippen molar-refractivity contribution in [3.63, 3.8) is 0 Å². The summed E-state index contributed by atoms with van der Waals surface area (Å²) in [6, 6.07) is 12.1. The minimum Gasteiger partial charge on any atom is -0.493 e. The van der Waals surface area contributed by atoms with Crippen LogP contribution < -0.4 is 14.2 Å². The third kappa shape index (κ3) is 4.20. The SMILES string of the molecule is CCOc1ccccc1C1=NC(=Cc2ccc(OC(C)=O)c(OC)c2)C(=O)O1. The number of esters is 2. The lowest BCUT2D eigenvalue weighted by atomic mass is 10.1. The maximum Gasteiger partial charge on any atom is 0.363 e. The lowest BCUT2D eigenvalue weighted by Crippen LogP contribution is -2.07. The number of methoxy groups -OCH3 is 1. The average Bonchev–Trinajstić information content (AvgIpc) is 3.03. The Morgan fingerprint density at radius 3 is 2.64 bits per heavy atom. The van der Waals surface area contributed by atoms with E-state index in [0.29, 0.717) is 35.0 Å². The normalized spacial score (nSPS) is 14.5. The van der Waals surface area contributed by atoms with Crippen LogP contribution in [0.1, 0.15) is 25.0 Å². The van der Waals surface area contributed by atoms with E-state index in [2.05, 4.69) is 4.99 Å². The molecule has 0 N–H and O–H groups in total. The van der Waals surface area contributed by atoms with Crippen molar-refractivity contribution in [3.8, 4) is 17.2 Å². The first-order valence-electron chi connectivity index (χ1n) is 8.63. The van der Waals surface area contributed by atoms with Crippen LogP contribution in [0.25, 0.3) is 6.08 Å². The van der Waals surface area contributed by atoms with Crippen molar-refractivity contribution in [1.82, 2.24) is 0 Å². The molecule has 0 aliphatic carbocycles. The van der Waals surface area contributed by atoms with Gasteiger partial charge in [0.15, 0.2) is 17.2 Å². The van der Waals surface area contributed by atoms with Gasteiger partial charge in [0.1, 0.15) is 5.75 Å². The van der Waals surface area contributed by atoms with Gasteiger partial charge in [-0.25, -0.2) is 9.79 Å². The van der Waals surface area contributed by atoms with E-state index in [4.69, 9.17) is 18.9 Å². The van der Waals surface area contributed by atoms with Crippen LogP contribution in [0.3, 0.4) is 0 Å². The number of aliphatic imine (C=N–C) groups is 1. The van der Waals surface area contributed by atoms with Crippen LogP contribution in [-0.2, 0) is 14.3 Å². The number of hydrogen-bond acceptors (Lipinski definition) is 7. The number of carbonyl (C=O) groups excluding carboxylic acids is 2. The molecule has 0 amide bonds. The molecular formula is C21H19NO6. The first-order chi connectivity index (χ1) is 13.5. The van der Waals surface area contributed by atoms with Gasteiger partial charge in [-0.15, -0.1) is 0 Å². The zero-order chi connectivity index (χ0) is 20.1. The van der Waals surface area contributed by atoms with Gasteiger partial charge in [-0.05, 0) is 42.8 Å². The Balaban J connectivity index is 1.93. The van der Waals surface area contributed by atoms with Crippen LogP contribution in [0.15, 0.2) is 53.2 Å². The first-order valence-corrected chi connectivity index (χ1v) is 8.63. The molecule has 0 radical (unpaired) electrons. The molecule has 0 unspecified atom stereocenters. The van der Waals surface area contributed by atoms with Crippen molar-refractivity contribution in [2.75, 3.05) is 13.7 Å². The number of carbonyl (C=O) groups is 2. The van der Waals surface area contributed by atoms with Gasteiger partial charge in [-0.3, -0.25) is 4.79 Å². The van der Waals surface area contributed by atoms with E-state index >= 15 is 0 Å². The molecule has 0 fully saturated rings. The predicted octanol–water partition coefficient (Wildman–Crippen LogP) is 3.36. The highest BCUT2D eigenvalue weighted by atomic mass is 16.6. The number of nitrogens with zero attached hydrogens (tertiary/aromatic N) is 1. The fourth-order valence-electron chi connectivity index (χ4n) is 2.62. The fraction of sp³-hybridized carbons (Fsp3) is 0.190. The molecule has 0 spiro atoms. The third-order valence-electron chi connectivity index (χ3n) is 3.78. The number of benzene rings is 2. The maximum absolute atomic E-state index is 12.3. The molecule has 1 heterocycles. The van der Waals surface area contributed by atoms with E-state index in [0.717, 1.165) is 0 Å². The molecule has 0 saturated carbocycles. The van der Waals surface area contributed by atoms with E-state index in [1.165, 1.54) is 14.0 Å². The Morgan fingerprint density at radius 1 is 1.14 bits per heavy atom. The number of ether oxygens (including phenoxy) is 4. The molecule has 28 heavy (non-hydrogen) atoms. The molecule has 1 aliphatic heterocycles. The van der Waals surface area contributed by atoms with Gasteiger partial charge in [0.2, 0.25) is 5.90 Å². The van der Waals surface area contributed by atoms with Crippen LogP contribution >= 0.6 is 0 Å². The van der Waals surface area contributed by atoms with E-state index in [9.17, 15) is 9.59 Å². The lowest BCUT2D eigenvalue weighted by Gasteiger charge is -2.08. The fourth-order valence-corrected chi connectivity index (χ4v) is 2.62. The van der Waals surface area contributed by atoms with Crippen molar-refractivity contribution in [3.05, 3.63) is 59.3 Å². The van der Waals surface area contributed by atoms with E-state index in [-0.39, 0.29) is 11.6 Å². The first kappa shape index (κ1) is 19.2. The summed E-state index contributed by atoms with van der Waals surface area (Å²) in [6.45, 7) is 3.66. The van der Waals surface area contributed by atoms with Gasteiger partial charge in [0.05, 0.1) is 19.3 Å². The van der Waals surface area contributed by atoms with Crippen molar-refractivity contribution in [1.29, 1.82) is 0 Å². The Morgan fingerprint density at radius 2 is 1.93 bits per heavy atom. The number of para-hydroxylation sites is 1. The van der Waals surface area contributed by atoms with Crippen LogP contribution in [0.4, 0.5) is 0 Å². The lowest BCUT2D eigenvalue weighted by molar-refractivity contribution is -0.132. The smallest absolute Gasteiger partial charge is 0.363 e. The third-order valence-corrected chi connectivity index (χ3v) is 3.78. The molecule has 0 bridgehead atoms. The standard InChI is InChI=1S/C21H19NO6/c1-4-26-17-8-6-5-7-15(17)20-22-16(21(24)28-20)11-14-9-10-18(27-13(2)23)19(12-14)25-3/h5-12H,4H2,1-3H3. The highest BCUT2D eigenvalue weighted by Crippen LogP contribution is 2.30. The predicted molar refractivity (Wildman–Crippen MR) is 103 cm³/mol. The zero-order valence-corrected chi connectivity index (χ0v) is 15.7. The second kappa shape index (κ2) is 8.39. The van der Waals surface area contributed by atoms with Gasteiger partial charge in [-0.1, -0.05) is 18.2 Å². The topological polar surface area (TPSA) is 83.4 Å². The quantitative estimate of drug-likeness (QED) is 0.433.